The van der Waals surface area contributed by atoms with Gasteiger partial charge in [-0.05, 0) is 12.0 Å². The molecule has 0 fully saturated rings. The van der Waals surface area contributed by atoms with E-state index in [2.05, 4.69) is 0 Å². The third-order valence-electron chi connectivity index (χ3n) is 1.73. The predicted molar refractivity (Wildman–Crippen MR) is 55.5 cm³/mol. The third-order valence-corrected chi connectivity index (χ3v) is 1.73. The molecule has 0 aliphatic heterocycles. The Labute approximate surface area is 84.4 Å². The molecule has 0 radical (unpaired) electrons. The second-order valence-electron chi connectivity index (χ2n) is 2.86. The number of benzene rings is 1. The van der Waals surface area contributed by atoms with Crippen LogP contribution in [0.5, 0.6) is 0 Å². The van der Waals surface area contributed by atoms with Gasteiger partial charge in [-0.15, -0.1) is 0 Å². The Kier molecular flexibility index (Phi) is 5.15. The summed E-state index contributed by atoms with van der Waals surface area (Å²) in [6.45, 7) is 1.30. The maximum Gasteiger partial charge on any atom is 0.0908 e. The van der Waals surface area contributed by atoms with Crippen LogP contribution in [0.25, 0.3) is 0 Å². The Hall–Kier alpha value is -1.59. The lowest BCUT2D eigenvalue weighted by molar-refractivity contribution is 0.125. The highest BCUT2D eigenvalue weighted by atomic mass is 16.5. The van der Waals surface area contributed by atoms with Gasteiger partial charge in [0.2, 0.25) is 0 Å². The van der Waals surface area contributed by atoms with E-state index in [-0.39, 0.29) is 0 Å². The summed E-state index contributed by atoms with van der Waals surface area (Å²) in [5.74, 6) is 0. The number of ether oxygens (including phenoxy) is 1. The van der Waals surface area contributed by atoms with Crippen LogP contribution in [-0.4, -0.2) is 6.61 Å². The summed E-state index contributed by atoms with van der Waals surface area (Å²) in [4.78, 5) is 0. The molecular weight excluding hydrogens is 174 g/mol. The van der Waals surface area contributed by atoms with Crippen molar-refractivity contribution < 1.29 is 4.74 Å². The second kappa shape index (κ2) is 6.88. The van der Waals surface area contributed by atoms with Crippen molar-refractivity contribution in [3.63, 3.8) is 0 Å². The minimum atomic E-state index is 0.640. The summed E-state index contributed by atoms with van der Waals surface area (Å²) in [5, 5.41) is 8.22. The van der Waals surface area contributed by atoms with Gasteiger partial charge in [-0.25, -0.2) is 0 Å². The van der Waals surface area contributed by atoms with E-state index in [0.29, 0.717) is 13.2 Å². The Morgan fingerprint density at radius 2 is 2.07 bits per heavy atom. The molecule has 72 valence electrons. The zero-order valence-corrected chi connectivity index (χ0v) is 8.02. The fourth-order valence-electron chi connectivity index (χ4n) is 1.05. The van der Waals surface area contributed by atoms with Crippen molar-refractivity contribution in [2.75, 3.05) is 6.61 Å². The van der Waals surface area contributed by atoms with E-state index >= 15 is 0 Å². The first-order valence-electron chi connectivity index (χ1n) is 4.60. The zero-order valence-electron chi connectivity index (χ0n) is 8.02. The van der Waals surface area contributed by atoms with Gasteiger partial charge >= 0.3 is 0 Å². The van der Waals surface area contributed by atoms with Crippen molar-refractivity contribution >= 4 is 0 Å². The standard InChI is InChI=1S/C12H13NO/c13-9-5-2-6-10-14-11-12-7-3-1-4-8-12/h1-5,7-8H,6,10-11H2/b5-2-. The summed E-state index contributed by atoms with van der Waals surface area (Å²) < 4.78 is 5.41. The Bertz CT molecular complexity index is 311. The largest absolute Gasteiger partial charge is 0.376 e. The average molecular weight is 187 g/mol. The minimum absolute atomic E-state index is 0.640. The number of rotatable bonds is 5. The molecule has 0 aliphatic rings. The van der Waals surface area contributed by atoms with Gasteiger partial charge in [0.15, 0.2) is 0 Å². The fraction of sp³-hybridized carbons (Fsp3) is 0.250. The molecule has 0 unspecified atom stereocenters. The molecule has 0 amide bonds. The highest BCUT2D eigenvalue weighted by Crippen LogP contribution is 2.00. The highest BCUT2D eigenvalue weighted by molar-refractivity contribution is 5.13. The summed E-state index contributed by atoms with van der Waals surface area (Å²) in [6, 6.07) is 12.0. The molecule has 0 saturated heterocycles. The molecule has 0 bridgehead atoms. The third kappa shape index (κ3) is 4.44. The first kappa shape index (κ1) is 10.5. The van der Waals surface area contributed by atoms with Gasteiger partial charge in [-0.2, -0.15) is 5.26 Å². The molecule has 0 aliphatic carbocycles. The normalized spacial score (nSPS) is 10.2. The first-order valence-corrected chi connectivity index (χ1v) is 4.60. The molecule has 2 heteroatoms. The second-order valence-corrected chi connectivity index (χ2v) is 2.86. The Balaban J connectivity index is 2.11. The van der Waals surface area contributed by atoms with E-state index in [1.54, 1.807) is 0 Å². The van der Waals surface area contributed by atoms with Crippen molar-refractivity contribution in [3.8, 4) is 6.07 Å². The molecule has 0 heterocycles. The number of allylic oxidation sites excluding steroid dienone is 1. The van der Waals surface area contributed by atoms with Gasteiger partial charge in [0.1, 0.15) is 0 Å². The summed E-state index contributed by atoms with van der Waals surface area (Å²) in [5.41, 5.74) is 1.18. The molecule has 0 N–H and O–H groups in total. The molecule has 0 saturated carbocycles. The summed E-state index contributed by atoms with van der Waals surface area (Å²) in [7, 11) is 0. The lowest BCUT2D eigenvalue weighted by Crippen LogP contribution is -1.93. The zero-order chi connectivity index (χ0) is 10.1. The Morgan fingerprint density at radius 1 is 1.29 bits per heavy atom. The van der Waals surface area contributed by atoms with Gasteiger partial charge in [0, 0.05) is 6.08 Å². The molecule has 0 atom stereocenters. The number of hydrogen-bond acceptors (Lipinski definition) is 2. The van der Waals surface area contributed by atoms with Gasteiger partial charge in [0.25, 0.3) is 0 Å². The van der Waals surface area contributed by atoms with Crippen LogP contribution in [0.2, 0.25) is 0 Å². The van der Waals surface area contributed by atoms with Gasteiger partial charge in [0.05, 0.1) is 19.3 Å². The van der Waals surface area contributed by atoms with Crippen LogP contribution in [-0.2, 0) is 11.3 Å². The van der Waals surface area contributed by atoms with Crippen LogP contribution in [0.1, 0.15) is 12.0 Å². The molecule has 1 aromatic carbocycles. The average Bonchev–Trinajstić information content (AvgIpc) is 2.25. The molecular formula is C12H13NO. The molecule has 0 spiro atoms. The molecule has 1 rings (SSSR count). The maximum absolute atomic E-state index is 8.22. The van der Waals surface area contributed by atoms with Crippen molar-refractivity contribution in [1.82, 2.24) is 0 Å². The summed E-state index contributed by atoms with van der Waals surface area (Å²) in [6.07, 6.45) is 4.08. The van der Waals surface area contributed by atoms with E-state index in [0.717, 1.165) is 6.42 Å². The maximum atomic E-state index is 8.22. The molecule has 0 aromatic heterocycles. The van der Waals surface area contributed by atoms with Crippen LogP contribution in [0.4, 0.5) is 0 Å². The molecule has 2 nitrogen and oxygen atoms in total. The van der Waals surface area contributed by atoms with E-state index in [9.17, 15) is 0 Å². The van der Waals surface area contributed by atoms with Crippen molar-refractivity contribution in [1.29, 1.82) is 5.26 Å². The van der Waals surface area contributed by atoms with Gasteiger partial charge in [-0.3, -0.25) is 0 Å². The smallest absolute Gasteiger partial charge is 0.0908 e. The summed E-state index contributed by atoms with van der Waals surface area (Å²) >= 11 is 0. The topological polar surface area (TPSA) is 33.0 Å². The molecule has 1 aromatic rings. The highest BCUT2D eigenvalue weighted by Gasteiger charge is 1.89. The van der Waals surface area contributed by atoms with E-state index in [4.69, 9.17) is 10.00 Å². The van der Waals surface area contributed by atoms with Crippen molar-refractivity contribution in [2.24, 2.45) is 0 Å². The van der Waals surface area contributed by atoms with Crippen molar-refractivity contribution in [2.45, 2.75) is 13.0 Å². The van der Waals surface area contributed by atoms with Gasteiger partial charge < -0.3 is 4.74 Å². The van der Waals surface area contributed by atoms with Crippen LogP contribution in [0, 0.1) is 11.3 Å². The van der Waals surface area contributed by atoms with Crippen LogP contribution in [0.15, 0.2) is 42.5 Å². The SMILES string of the molecule is N#C/C=C\CCOCc1ccccc1. The lowest BCUT2D eigenvalue weighted by atomic mass is 10.2. The van der Waals surface area contributed by atoms with Crippen molar-refractivity contribution in [3.05, 3.63) is 48.0 Å². The number of hydrogen-bond donors (Lipinski definition) is 0. The quantitative estimate of drug-likeness (QED) is 0.524. The number of nitriles is 1. The number of nitrogens with zero attached hydrogens (tertiary/aromatic N) is 1. The van der Waals surface area contributed by atoms with Gasteiger partial charge in [-0.1, -0.05) is 36.4 Å². The van der Waals surface area contributed by atoms with Crippen LogP contribution < -0.4 is 0 Å². The minimum Gasteiger partial charge on any atom is -0.376 e. The molecule has 14 heavy (non-hydrogen) atoms. The Morgan fingerprint density at radius 3 is 2.79 bits per heavy atom. The van der Waals surface area contributed by atoms with Crippen LogP contribution >= 0.6 is 0 Å². The van der Waals surface area contributed by atoms with Crippen LogP contribution in [0.3, 0.4) is 0 Å². The van der Waals surface area contributed by atoms with E-state index < -0.39 is 0 Å². The van der Waals surface area contributed by atoms with E-state index in [1.807, 2.05) is 42.5 Å². The monoisotopic (exact) mass is 187 g/mol. The predicted octanol–water partition coefficient (Wildman–Crippen LogP) is 2.67. The van der Waals surface area contributed by atoms with E-state index in [1.165, 1.54) is 11.6 Å². The fourth-order valence-corrected chi connectivity index (χ4v) is 1.05. The lowest BCUT2D eigenvalue weighted by Gasteiger charge is -2.01. The first-order chi connectivity index (χ1) is 6.93.